The fraction of sp³-hybridized carbons (Fsp3) is 0.286. The number of tetrazole rings is 1. The van der Waals surface area contributed by atoms with Gasteiger partial charge in [0.25, 0.3) is 11.8 Å². The quantitative estimate of drug-likeness (QED) is 0.617. The summed E-state index contributed by atoms with van der Waals surface area (Å²) in [5, 5.41) is 11.1. The molecule has 2 aliphatic rings. The number of benzene rings is 2. The average Bonchev–Trinajstić information content (AvgIpc) is 3.38. The molecule has 1 aromatic heterocycles. The van der Waals surface area contributed by atoms with Gasteiger partial charge in [-0.25, -0.2) is 4.68 Å². The van der Waals surface area contributed by atoms with E-state index >= 15 is 0 Å². The van der Waals surface area contributed by atoms with Gasteiger partial charge in [-0.3, -0.25) is 9.59 Å². The van der Waals surface area contributed by atoms with Crippen molar-refractivity contribution in [2.75, 3.05) is 32.8 Å². The van der Waals surface area contributed by atoms with Gasteiger partial charge in [0.05, 0.1) is 5.69 Å². The van der Waals surface area contributed by atoms with E-state index in [1.54, 1.807) is 34.1 Å². The minimum atomic E-state index is -0.676. The molecule has 5 rings (SSSR count). The second-order valence-corrected chi connectivity index (χ2v) is 7.29. The monoisotopic (exact) mass is 420 g/mol. The summed E-state index contributed by atoms with van der Waals surface area (Å²) >= 11 is 0. The molecular formula is C21H20N6O4. The second kappa shape index (κ2) is 8.05. The van der Waals surface area contributed by atoms with Gasteiger partial charge in [-0.2, -0.15) is 0 Å². The van der Waals surface area contributed by atoms with Gasteiger partial charge < -0.3 is 19.3 Å². The Kier molecular flexibility index (Phi) is 4.95. The number of para-hydroxylation sites is 2. The summed E-state index contributed by atoms with van der Waals surface area (Å²) in [6.45, 7) is 1.96. The lowest BCUT2D eigenvalue weighted by Gasteiger charge is -2.37. The van der Waals surface area contributed by atoms with Crippen LogP contribution in [0.2, 0.25) is 0 Å². The summed E-state index contributed by atoms with van der Waals surface area (Å²) in [4.78, 5) is 29.3. The summed E-state index contributed by atoms with van der Waals surface area (Å²) in [6, 6.07) is 14.4. The molecule has 0 N–H and O–H groups in total. The third-order valence-corrected chi connectivity index (χ3v) is 5.37. The van der Waals surface area contributed by atoms with Crippen molar-refractivity contribution in [3.8, 4) is 17.2 Å². The molecule has 10 nitrogen and oxygen atoms in total. The first-order chi connectivity index (χ1) is 15.2. The molecule has 2 aromatic carbocycles. The van der Waals surface area contributed by atoms with E-state index in [0.29, 0.717) is 48.9 Å². The van der Waals surface area contributed by atoms with E-state index in [2.05, 4.69) is 15.5 Å². The van der Waals surface area contributed by atoms with Crippen molar-refractivity contribution in [1.82, 2.24) is 30.0 Å². The van der Waals surface area contributed by atoms with E-state index < -0.39 is 6.10 Å². The second-order valence-electron chi connectivity index (χ2n) is 7.29. The molecule has 0 saturated carbocycles. The van der Waals surface area contributed by atoms with Crippen LogP contribution in [0.4, 0.5) is 0 Å². The molecule has 0 spiro atoms. The maximum Gasteiger partial charge on any atom is 0.267 e. The molecule has 1 saturated heterocycles. The fourth-order valence-electron chi connectivity index (χ4n) is 3.72. The minimum absolute atomic E-state index is 0.0896. The SMILES string of the molecule is O=C(c1cccc(-n2cnnn2)c1)N1CCN(C(=O)[C@H]2COc3ccccc3O2)CC1. The van der Waals surface area contributed by atoms with Crippen LogP contribution in [0.5, 0.6) is 11.5 Å². The van der Waals surface area contributed by atoms with E-state index in [4.69, 9.17) is 9.47 Å². The standard InChI is InChI=1S/C21H20N6O4/c28-20(15-4-3-5-16(12-15)27-14-22-23-24-27)25-8-10-26(11-9-25)21(29)19-13-30-17-6-1-2-7-18(17)31-19/h1-7,12,14,19H,8-11,13H2/t19-/m1/s1. The molecule has 0 aliphatic carbocycles. The smallest absolute Gasteiger partial charge is 0.267 e. The van der Waals surface area contributed by atoms with Crippen molar-refractivity contribution < 1.29 is 19.1 Å². The van der Waals surface area contributed by atoms with Crippen molar-refractivity contribution in [2.24, 2.45) is 0 Å². The maximum atomic E-state index is 13.0. The van der Waals surface area contributed by atoms with Crippen LogP contribution < -0.4 is 9.47 Å². The van der Waals surface area contributed by atoms with Crippen molar-refractivity contribution in [2.45, 2.75) is 6.10 Å². The van der Waals surface area contributed by atoms with Crippen LogP contribution in [-0.2, 0) is 4.79 Å². The highest BCUT2D eigenvalue weighted by Crippen LogP contribution is 2.31. The first-order valence-corrected chi connectivity index (χ1v) is 9.99. The molecule has 158 valence electrons. The number of carbonyl (C=O) groups excluding carboxylic acids is 2. The van der Waals surface area contributed by atoms with Gasteiger partial charge in [0.2, 0.25) is 6.10 Å². The zero-order valence-electron chi connectivity index (χ0n) is 16.6. The molecule has 0 radical (unpaired) electrons. The molecule has 0 bridgehead atoms. The van der Waals surface area contributed by atoms with Crippen molar-refractivity contribution in [3.05, 3.63) is 60.4 Å². The van der Waals surface area contributed by atoms with Gasteiger partial charge in [0.1, 0.15) is 12.9 Å². The predicted molar refractivity (Wildman–Crippen MR) is 108 cm³/mol. The molecular weight excluding hydrogens is 400 g/mol. The fourth-order valence-corrected chi connectivity index (χ4v) is 3.72. The number of hydrogen-bond acceptors (Lipinski definition) is 7. The number of carbonyl (C=O) groups is 2. The molecule has 31 heavy (non-hydrogen) atoms. The maximum absolute atomic E-state index is 13.0. The summed E-state index contributed by atoms with van der Waals surface area (Å²) in [5.41, 5.74) is 1.26. The number of nitrogens with zero attached hydrogens (tertiary/aromatic N) is 6. The Hall–Kier alpha value is -3.95. The molecule has 2 aliphatic heterocycles. The largest absolute Gasteiger partial charge is 0.485 e. The Balaban J connectivity index is 1.20. The van der Waals surface area contributed by atoms with Crippen molar-refractivity contribution >= 4 is 11.8 Å². The number of ether oxygens (including phenoxy) is 2. The molecule has 2 amide bonds. The van der Waals surface area contributed by atoms with E-state index in [1.807, 2.05) is 24.3 Å². The van der Waals surface area contributed by atoms with E-state index in [9.17, 15) is 9.59 Å². The number of hydrogen-bond donors (Lipinski definition) is 0. The Morgan fingerprint density at radius 3 is 2.48 bits per heavy atom. The first-order valence-electron chi connectivity index (χ1n) is 9.99. The van der Waals surface area contributed by atoms with E-state index in [0.717, 1.165) is 0 Å². The Morgan fingerprint density at radius 1 is 0.935 bits per heavy atom. The Labute approximate surface area is 178 Å². The van der Waals surface area contributed by atoms with Crippen LogP contribution in [-0.4, -0.2) is 80.7 Å². The molecule has 1 fully saturated rings. The number of fused-ring (bicyclic) bond motifs is 1. The summed E-state index contributed by atoms with van der Waals surface area (Å²) < 4.78 is 13.0. The van der Waals surface area contributed by atoms with Crippen LogP contribution in [0.25, 0.3) is 5.69 Å². The van der Waals surface area contributed by atoms with Gasteiger partial charge in [-0.1, -0.05) is 18.2 Å². The lowest BCUT2D eigenvalue weighted by atomic mass is 10.1. The van der Waals surface area contributed by atoms with Crippen LogP contribution >= 0.6 is 0 Å². The van der Waals surface area contributed by atoms with E-state index in [1.165, 1.54) is 11.0 Å². The number of aromatic nitrogens is 4. The molecule has 0 unspecified atom stereocenters. The van der Waals surface area contributed by atoms with Crippen LogP contribution in [0, 0.1) is 0 Å². The first kappa shape index (κ1) is 19.0. The van der Waals surface area contributed by atoms with Crippen molar-refractivity contribution in [1.29, 1.82) is 0 Å². The highest BCUT2D eigenvalue weighted by Gasteiger charge is 2.33. The van der Waals surface area contributed by atoms with Gasteiger partial charge in [0.15, 0.2) is 11.5 Å². The van der Waals surface area contributed by atoms with Gasteiger partial charge in [-0.15, -0.1) is 5.10 Å². The number of piperazine rings is 1. The van der Waals surface area contributed by atoms with Gasteiger partial charge in [0, 0.05) is 31.7 Å². The van der Waals surface area contributed by atoms with Crippen LogP contribution in [0.15, 0.2) is 54.9 Å². The predicted octanol–water partition coefficient (Wildman–Crippen LogP) is 0.787. The summed E-state index contributed by atoms with van der Waals surface area (Å²) in [6.07, 6.45) is 0.800. The van der Waals surface area contributed by atoms with Crippen molar-refractivity contribution in [3.63, 3.8) is 0 Å². The lowest BCUT2D eigenvalue weighted by molar-refractivity contribution is -0.142. The number of amides is 2. The molecule has 10 heteroatoms. The van der Waals surface area contributed by atoms with Crippen LogP contribution in [0.3, 0.4) is 0 Å². The van der Waals surface area contributed by atoms with Crippen LogP contribution in [0.1, 0.15) is 10.4 Å². The third kappa shape index (κ3) is 3.79. The topological polar surface area (TPSA) is 103 Å². The summed E-state index contributed by atoms with van der Waals surface area (Å²) in [5.74, 6) is 1.00. The average molecular weight is 420 g/mol. The lowest BCUT2D eigenvalue weighted by Crippen LogP contribution is -2.55. The highest BCUT2D eigenvalue weighted by atomic mass is 16.6. The molecule has 3 aromatic rings. The normalized spacial score (nSPS) is 18.0. The minimum Gasteiger partial charge on any atom is -0.485 e. The van der Waals surface area contributed by atoms with Gasteiger partial charge in [-0.05, 0) is 40.8 Å². The molecule has 1 atom stereocenters. The summed E-state index contributed by atoms with van der Waals surface area (Å²) in [7, 11) is 0. The number of rotatable bonds is 3. The highest BCUT2D eigenvalue weighted by molar-refractivity contribution is 5.95. The van der Waals surface area contributed by atoms with Gasteiger partial charge >= 0.3 is 0 Å². The van der Waals surface area contributed by atoms with E-state index in [-0.39, 0.29) is 18.4 Å². The third-order valence-electron chi connectivity index (χ3n) is 5.37. The Bertz CT molecular complexity index is 1090. The zero-order valence-corrected chi connectivity index (χ0v) is 16.6. The Morgan fingerprint density at radius 2 is 1.71 bits per heavy atom. The molecule has 3 heterocycles. The zero-order chi connectivity index (χ0) is 21.2.